The topological polar surface area (TPSA) is 107 Å². The van der Waals surface area contributed by atoms with Gasteiger partial charge < -0.3 is 9.47 Å². The summed E-state index contributed by atoms with van der Waals surface area (Å²) in [6, 6.07) is 7.51. The minimum absolute atomic E-state index is 0.0192. The first kappa shape index (κ1) is 20.4. The Morgan fingerprint density at radius 1 is 1.14 bits per heavy atom. The molecule has 1 amide bonds. The van der Waals surface area contributed by atoms with E-state index in [9.17, 15) is 14.4 Å². The highest BCUT2D eigenvalue weighted by Gasteiger charge is 2.19. The summed E-state index contributed by atoms with van der Waals surface area (Å²) in [7, 11) is 1.29. The Kier molecular flexibility index (Phi) is 6.18. The number of benzene rings is 1. The Hall–Kier alpha value is -3.33. The highest BCUT2D eigenvalue weighted by Crippen LogP contribution is 2.23. The lowest BCUT2D eigenvalue weighted by Crippen LogP contribution is -2.22. The SMILES string of the molecule is COC(=O)Cc1csc(NC(=O)COC(=O)c2c(C)nc3ccccc3c2C)n1. The molecule has 3 rings (SSSR count). The molecule has 3 aromatic rings. The molecular formula is C20H19N3O5S. The molecule has 0 bridgehead atoms. The Morgan fingerprint density at radius 3 is 2.66 bits per heavy atom. The van der Waals surface area contributed by atoms with Crippen LogP contribution in [0.1, 0.15) is 27.3 Å². The molecule has 9 heteroatoms. The molecule has 0 aliphatic heterocycles. The van der Waals surface area contributed by atoms with Gasteiger partial charge in [0.25, 0.3) is 5.91 Å². The van der Waals surface area contributed by atoms with Crippen molar-refractivity contribution in [2.24, 2.45) is 0 Å². The molecule has 0 spiro atoms. The number of rotatable bonds is 6. The van der Waals surface area contributed by atoms with Gasteiger partial charge >= 0.3 is 11.9 Å². The van der Waals surface area contributed by atoms with E-state index in [1.807, 2.05) is 31.2 Å². The Labute approximate surface area is 170 Å². The number of fused-ring (bicyclic) bond motifs is 1. The Bertz CT molecular complexity index is 1090. The van der Waals surface area contributed by atoms with E-state index >= 15 is 0 Å². The van der Waals surface area contributed by atoms with E-state index in [1.165, 1.54) is 18.4 Å². The third kappa shape index (κ3) is 4.75. The monoisotopic (exact) mass is 413 g/mol. The van der Waals surface area contributed by atoms with E-state index in [2.05, 4.69) is 20.0 Å². The number of thiazole rings is 1. The Morgan fingerprint density at radius 2 is 1.90 bits per heavy atom. The summed E-state index contributed by atoms with van der Waals surface area (Å²) >= 11 is 1.17. The van der Waals surface area contributed by atoms with Crippen LogP contribution in [-0.4, -0.2) is 41.5 Å². The second kappa shape index (κ2) is 8.78. The van der Waals surface area contributed by atoms with Crippen molar-refractivity contribution in [3.05, 3.63) is 52.2 Å². The van der Waals surface area contributed by atoms with Gasteiger partial charge in [0.2, 0.25) is 0 Å². The van der Waals surface area contributed by atoms with E-state index in [4.69, 9.17) is 4.74 Å². The molecule has 1 aromatic carbocycles. The number of hydrogen-bond donors (Lipinski definition) is 1. The molecule has 0 fully saturated rings. The average Bonchev–Trinajstić information content (AvgIpc) is 3.12. The minimum atomic E-state index is -0.612. The van der Waals surface area contributed by atoms with Gasteiger partial charge in [-0.05, 0) is 25.5 Å². The number of anilines is 1. The number of methoxy groups -OCH3 is 1. The molecule has 0 saturated heterocycles. The van der Waals surface area contributed by atoms with Gasteiger partial charge in [-0.1, -0.05) is 18.2 Å². The quantitative estimate of drug-likeness (QED) is 0.619. The van der Waals surface area contributed by atoms with Crippen LogP contribution in [0, 0.1) is 13.8 Å². The molecule has 0 atom stereocenters. The van der Waals surface area contributed by atoms with Crippen LogP contribution in [0.2, 0.25) is 0 Å². The highest BCUT2D eigenvalue weighted by atomic mass is 32.1. The smallest absolute Gasteiger partial charge is 0.340 e. The van der Waals surface area contributed by atoms with Gasteiger partial charge in [-0.2, -0.15) is 0 Å². The lowest BCUT2D eigenvalue weighted by Gasteiger charge is -2.11. The number of esters is 2. The summed E-state index contributed by atoms with van der Waals surface area (Å²) in [6.45, 7) is 3.09. The van der Waals surface area contributed by atoms with Crippen molar-refractivity contribution in [1.82, 2.24) is 9.97 Å². The summed E-state index contributed by atoms with van der Waals surface area (Å²) in [4.78, 5) is 44.4. The molecule has 0 unspecified atom stereocenters. The third-order valence-electron chi connectivity index (χ3n) is 4.22. The van der Waals surface area contributed by atoms with Crippen LogP contribution >= 0.6 is 11.3 Å². The fraction of sp³-hybridized carbons (Fsp3) is 0.250. The number of carbonyl (C=O) groups excluding carboxylic acids is 3. The summed E-state index contributed by atoms with van der Waals surface area (Å²) in [5.74, 6) is -1.56. The fourth-order valence-corrected chi connectivity index (χ4v) is 3.58. The number of ether oxygens (including phenoxy) is 2. The van der Waals surface area contributed by atoms with Crippen molar-refractivity contribution >= 4 is 45.2 Å². The summed E-state index contributed by atoms with van der Waals surface area (Å²) in [5.41, 5.74) is 2.93. The Balaban J connectivity index is 1.63. The second-order valence-electron chi connectivity index (χ2n) is 6.24. The number of amides is 1. The zero-order valence-corrected chi connectivity index (χ0v) is 17.0. The summed E-state index contributed by atoms with van der Waals surface area (Å²) in [6.07, 6.45) is 0.0192. The number of para-hydroxylation sites is 1. The van der Waals surface area contributed by atoms with Crippen LogP contribution < -0.4 is 5.32 Å². The van der Waals surface area contributed by atoms with Crippen molar-refractivity contribution in [2.75, 3.05) is 19.0 Å². The van der Waals surface area contributed by atoms with Crippen LogP contribution in [0.3, 0.4) is 0 Å². The van der Waals surface area contributed by atoms with Crippen LogP contribution in [0.4, 0.5) is 5.13 Å². The van der Waals surface area contributed by atoms with Crippen molar-refractivity contribution < 1.29 is 23.9 Å². The van der Waals surface area contributed by atoms with Crippen molar-refractivity contribution in [2.45, 2.75) is 20.3 Å². The molecule has 150 valence electrons. The fourth-order valence-electron chi connectivity index (χ4n) is 2.86. The molecule has 0 radical (unpaired) electrons. The average molecular weight is 413 g/mol. The lowest BCUT2D eigenvalue weighted by atomic mass is 10.0. The first-order chi connectivity index (χ1) is 13.9. The van der Waals surface area contributed by atoms with Crippen LogP contribution in [0.25, 0.3) is 10.9 Å². The van der Waals surface area contributed by atoms with Gasteiger partial charge in [-0.15, -0.1) is 11.3 Å². The van der Waals surface area contributed by atoms with Gasteiger partial charge in [-0.25, -0.2) is 9.78 Å². The standard InChI is InChI=1S/C20H19N3O5S/c1-11-14-6-4-5-7-15(14)21-12(2)18(11)19(26)28-9-16(24)23-20-22-13(10-29-20)8-17(25)27-3/h4-7,10H,8-9H2,1-3H3,(H,22,23,24). The number of nitrogens with zero attached hydrogens (tertiary/aromatic N) is 2. The predicted molar refractivity (Wildman–Crippen MR) is 108 cm³/mol. The van der Waals surface area contributed by atoms with E-state index in [-0.39, 0.29) is 6.42 Å². The van der Waals surface area contributed by atoms with Crippen molar-refractivity contribution in [3.63, 3.8) is 0 Å². The molecule has 29 heavy (non-hydrogen) atoms. The van der Waals surface area contributed by atoms with Crippen molar-refractivity contribution in [3.8, 4) is 0 Å². The van der Waals surface area contributed by atoms with Gasteiger partial charge in [0.05, 0.1) is 36.0 Å². The molecule has 2 aromatic heterocycles. The van der Waals surface area contributed by atoms with Gasteiger partial charge in [0.1, 0.15) is 0 Å². The number of nitrogens with one attached hydrogen (secondary N) is 1. The third-order valence-corrected chi connectivity index (χ3v) is 5.03. The molecular weight excluding hydrogens is 394 g/mol. The van der Waals surface area contributed by atoms with Crippen LogP contribution in [0.5, 0.6) is 0 Å². The van der Waals surface area contributed by atoms with Crippen LogP contribution in [0.15, 0.2) is 29.6 Å². The van der Waals surface area contributed by atoms with E-state index in [1.54, 1.807) is 12.3 Å². The maximum atomic E-state index is 12.5. The second-order valence-corrected chi connectivity index (χ2v) is 7.09. The van der Waals surface area contributed by atoms with Gasteiger partial charge in [0.15, 0.2) is 11.7 Å². The van der Waals surface area contributed by atoms with Gasteiger partial charge in [0, 0.05) is 10.8 Å². The van der Waals surface area contributed by atoms with E-state index in [0.29, 0.717) is 22.1 Å². The summed E-state index contributed by atoms with van der Waals surface area (Å²) < 4.78 is 9.75. The maximum absolute atomic E-state index is 12.5. The molecule has 2 heterocycles. The number of aryl methyl sites for hydroxylation is 2. The maximum Gasteiger partial charge on any atom is 0.340 e. The van der Waals surface area contributed by atoms with Crippen LogP contribution in [-0.2, 0) is 25.5 Å². The zero-order chi connectivity index (χ0) is 21.0. The van der Waals surface area contributed by atoms with Gasteiger partial charge in [-0.3, -0.25) is 19.9 Å². The number of hydrogen-bond acceptors (Lipinski definition) is 8. The largest absolute Gasteiger partial charge is 0.469 e. The first-order valence-electron chi connectivity index (χ1n) is 8.73. The minimum Gasteiger partial charge on any atom is -0.469 e. The molecule has 8 nitrogen and oxygen atoms in total. The number of aromatic nitrogens is 2. The number of carbonyl (C=O) groups is 3. The summed E-state index contributed by atoms with van der Waals surface area (Å²) in [5, 5.41) is 5.35. The molecule has 0 saturated carbocycles. The molecule has 1 N–H and O–H groups in total. The first-order valence-corrected chi connectivity index (χ1v) is 9.61. The number of pyridine rings is 1. The molecule has 0 aliphatic carbocycles. The predicted octanol–water partition coefficient (Wildman–Crippen LogP) is 2.82. The van der Waals surface area contributed by atoms with E-state index in [0.717, 1.165) is 16.5 Å². The normalized spacial score (nSPS) is 10.6. The van der Waals surface area contributed by atoms with E-state index < -0.39 is 24.5 Å². The highest BCUT2D eigenvalue weighted by molar-refractivity contribution is 7.13. The van der Waals surface area contributed by atoms with Crippen molar-refractivity contribution in [1.29, 1.82) is 0 Å². The zero-order valence-electron chi connectivity index (χ0n) is 16.1. The molecule has 0 aliphatic rings. The lowest BCUT2D eigenvalue weighted by molar-refractivity contribution is -0.139.